The Balaban J connectivity index is 1.54. The molecule has 0 N–H and O–H groups in total. The Kier molecular flexibility index (Phi) is 3.42. The Morgan fingerprint density at radius 3 is 2.50 bits per heavy atom. The number of anilines is 1. The molecule has 0 aliphatic carbocycles. The summed E-state index contributed by atoms with van der Waals surface area (Å²) in [4.78, 5) is 44.3. The van der Waals surface area contributed by atoms with Crippen LogP contribution in [0, 0.1) is 5.41 Å². The number of likely N-dealkylation sites (tertiary alicyclic amines) is 1. The molecule has 3 aliphatic heterocycles. The number of benzene rings is 2. The van der Waals surface area contributed by atoms with Gasteiger partial charge in [0.2, 0.25) is 5.91 Å². The van der Waals surface area contributed by atoms with Gasteiger partial charge in [-0.15, -0.1) is 0 Å². The summed E-state index contributed by atoms with van der Waals surface area (Å²) in [5.41, 5.74) is 0.117. The van der Waals surface area contributed by atoms with E-state index in [0.717, 1.165) is 10.8 Å². The molecule has 144 valence electrons. The van der Waals surface area contributed by atoms with E-state index in [9.17, 15) is 14.4 Å². The summed E-state index contributed by atoms with van der Waals surface area (Å²) in [6.45, 7) is 6.19. The summed E-state index contributed by atoms with van der Waals surface area (Å²) >= 11 is 0. The minimum atomic E-state index is -0.573. The SMILES string of the molecule is CC(C)(C)C(=O)N1C[C@H]2CC1C1C(=O)N(c3cccc4ccccc34)C(=O)N12. The third kappa shape index (κ3) is 2.17. The summed E-state index contributed by atoms with van der Waals surface area (Å²) in [6.07, 6.45) is 0.688. The van der Waals surface area contributed by atoms with Crippen molar-refractivity contribution in [3.63, 3.8) is 0 Å². The number of carbonyl (C=O) groups excluding carboxylic acids is 3. The largest absolute Gasteiger partial charge is 0.334 e. The second-order valence-electron chi connectivity index (χ2n) is 8.97. The van der Waals surface area contributed by atoms with E-state index in [4.69, 9.17) is 0 Å². The first-order valence-corrected chi connectivity index (χ1v) is 9.74. The highest BCUT2D eigenvalue weighted by atomic mass is 16.2. The monoisotopic (exact) mass is 377 g/mol. The molecule has 2 bridgehead atoms. The maximum Gasteiger partial charge on any atom is 0.332 e. The van der Waals surface area contributed by atoms with Crippen molar-refractivity contribution in [2.24, 2.45) is 5.41 Å². The van der Waals surface area contributed by atoms with Crippen molar-refractivity contribution in [2.75, 3.05) is 11.4 Å². The average molecular weight is 377 g/mol. The molecule has 3 heterocycles. The molecule has 0 spiro atoms. The van der Waals surface area contributed by atoms with Crippen molar-refractivity contribution in [3.8, 4) is 0 Å². The second kappa shape index (κ2) is 5.56. The van der Waals surface area contributed by atoms with Gasteiger partial charge in [-0.25, -0.2) is 9.69 Å². The number of amides is 4. The predicted molar refractivity (Wildman–Crippen MR) is 106 cm³/mol. The number of nitrogens with zero attached hydrogens (tertiary/aromatic N) is 3. The van der Waals surface area contributed by atoms with Gasteiger partial charge in [0, 0.05) is 17.3 Å². The van der Waals surface area contributed by atoms with Gasteiger partial charge in [-0.05, 0) is 17.9 Å². The first-order valence-electron chi connectivity index (χ1n) is 9.74. The zero-order valence-corrected chi connectivity index (χ0v) is 16.3. The second-order valence-corrected chi connectivity index (χ2v) is 8.97. The van der Waals surface area contributed by atoms with Crippen LogP contribution in [0.5, 0.6) is 0 Å². The number of urea groups is 1. The zero-order chi connectivity index (χ0) is 19.8. The van der Waals surface area contributed by atoms with Crippen molar-refractivity contribution in [2.45, 2.75) is 45.3 Å². The third-order valence-electron chi connectivity index (χ3n) is 6.17. The molecular weight excluding hydrogens is 354 g/mol. The van der Waals surface area contributed by atoms with Gasteiger partial charge in [0.05, 0.1) is 17.8 Å². The zero-order valence-electron chi connectivity index (χ0n) is 16.3. The molecule has 0 radical (unpaired) electrons. The summed E-state index contributed by atoms with van der Waals surface area (Å²) < 4.78 is 0. The first-order chi connectivity index (χ1) is 13.3. The van der Waals surface area contributed by atoms with Gasteiger partial charge in [0.15, 0.2) is 0 Å². The summed E-state index contributed by atoms with van der Waals surface area (Å²) in [7, 11) is 0. The van der Waals surface area contributed by atoms with E-state index >= 15 is 0 Å². The molecular formula is C22H23N3O3. The number of fused-ring (bicyclic) bond motifs is 6. The van der Waals surface area contributed by atoms with Crippen LogP contribution in [0.1, 0.15) is 27.2 Å². The molecule has 28 heavy (non-hydrogen) atoms. The number of rotatable bonds is 1. The van der Waals surface area contributed by atoms with E-state index in [2.05, 4.69) is 0 Å². The van der Waals surface area contributed by atoms with E-state index in [1.165, 1.54) is 4.90 Å². The Hall–Kier alpha value is -2.89. The topological polar surface area (TPSA) is 60.9 Å². The molecule has 4 amide bonds. The molecule has 0 aromatic heterocycles. The highest BCUT2D eigenvalue weighted by Gasteiger charge is 2.63. The van der Waals surface area contributed by atoms with Gasteiger partial charge in [0.25, 0.3) is 5.91 Å². The summed E-state index contributed by atoms with van der Waals surface area (Å²) in [6, 6.07) is 12.3. The van der Waals surface area contributed by atoms with Gasteiger partial charge < -0.3 is 9.80 Å². The molecule has 5 rings (SSSR count). The van der Waals surface area contributed by atoms with Gasteiger partial charge in [-0.1, -0.05) is 57.2 Å². The van der Waals surface area contributed by atoms with Gasteiger partial charge in [-0.2, -0.15) is 0 Å². The Morgan fingerprint density at radius 1 is 1.04 bits per heavy atom. The first kappa shape index (κ1) is 17.2. The van der Waals surface area contributed by atoms with E-state index in [1.807, 2.05) is 68.1 Å². The predicted octanol–water partition coefficient (Wildman–Crippen LogP) is 3.01. The van der Waals surface area contributed by atoms with Crippen LogP contribution in [-0.2, 0) is 9.59 Å². The highest BCUT2D eigenvalue weighted by Crippen LogP contribution is 2.44. The fraction of sp³-hybridized carbons (Fsp3) is 0.409. The van der Waals surface area contributed by atoms with Crippen LogP contribution >= 0.6 is 0 Å². The molecule has 2 unspecified atom stereocenters. The summed E-state index contributed by atoms with van der Waals surface area (Å²) in [5, 5.41) is 1.86. The fourth-order valence-electron chi connectivity index (χ4n) is 4.95. The minimum Gasteiger partial charge on any atom is -0.334 e. The van der Waals surface area contributed by atoms with Gasteiger partial charge >= 0.3 is 6.03 Å². The molecule has 0 saturated carbocycles. The van der Waals surface area contributed by atoms with E-state index < -0.39 is 11.5 Å². The quantitative estimate of drug-likeness (QED) is 0.718. The maximum atomic E-state index is 13.4. The van der Waals surface area contributed by atoms with Crippen molar-refractivity contribution in [3.05, 3.63) is 42.5 Å². The maximum absolute atomic E-state index is 13.4. The van der Waals surface area contributed by atoms with Crippen LogP contribution < -0.4 is 4.90 Å². The fourth-order valence-corrected chi connectivity index (χ4v) is 4.95. The van der Waals surface area contributed by atoms with E-state index in [0.29, 0.717) is 18.7 Å². The Bertz CT molecular complexity index is 1020. The molecule has 3 saturated heterocycles. The smallest absolute Gasteiger partial charge is 0.332 e. The third-order valence-corrected chi connectivity index (χ3v) is 6.17. The molecule has 3 fully saturated rings. The van der Waals surface area contributed by atoms with Crippen LogP contribution in [0.15, 0.2) is 42.5 Å². The van der Waals surface area contributed by atoms with E-state index in [-0.39, 0.29) is 29.9 Å². The number of hydrogen-bond acceptors (Lipinski definition) is 3. The Labute approximate surface area is 163 Å². The highest BCUT2D eigenvalue weighted by molar-refractivity contribution is 6.25. The standard InChI is InChI=1S/C22H23N3O3/c1-22(2,3)20(27)23-12-14-11-17(23)18-19(26)25(21(28)24(14)18)16-10-6-8-13-7-4-5-9-15(13)16/h4-10,14,17-18H,11-12H2,1-3H3/t14-,17?,18?/m1/s1. The van der Waals surface area contributed by atoms with E-state index in [1.54, 1.807) is 4.90 Å². The number of hydrogen-bond donors (Lipinski definition) is 0. The normalized spacial score (nSPS) is 26.5. The minimum absolute atomic E-state index is 0.0449. The lowest BCUT2D eigenvalue weighted by Crippen LogP contribution is -2.56. The summed E-state index contributed by atoms with van der Waals surface area (Å²) in [5.74, 6) is -0.177. The lowest BCUT2D eigenvalue weighted by atomic mass is 9.93. The number of imide groups is 1. The molecule has 2 aromatic carbocycles. The molecule has 6 nitrogen and oxygen atoms in total. The molecule has 6 heteroatoms. The average Bonchev–Trinajstić information content (AvgIpc) is 3.31. The molecule has 2 aromatic rings. The lowest BCUT2D eigenvalue weighted by Gasteiger charge is -2.37. The molecule has 3 atom stereocenters. The Morgan fingerprint density at radius 2 is 1.75 bits per heavy atom. The van der Waals surface area contributed by atoms with Gasteiger partial charge in [0.1, 0.15) is 6.04 Å². The van der Waals surface area contributed by atoms with Gasteiger partial charge in [-0.3, -0.25) is 9.59 Å². The van der Waals surface area contributed by atoms with Crippen LogP contribution in [0.4, 0.5) is 10.5 Å². The van der Waals surface area contributed by atoms with Crippen molar-refractivity contribution in [1.29, 1.82) is 0 Å². The number of carbonyl (C=O) groups is 3. The van der Waals surface area contributed by atoms with Crippen LogP contribution in [0.3, 0.4) is 0 Å². The lowest BCUT2D eigenvalue weighted by molar-refractivity contribution is -0.143. The van der Waals surface area contributed by atoms with Crippen LogP contribution in [0.2, 0.25) is 0 Å². The number of piperazine rings is 1. The van der Waals surface area contributed by atoms with Crippen molar-refractivity contribution >= 4 is 34.3 Å². The van der Waals surface area contributed by atoms with Crippen molar-refractivity contribution < 1.29 is 14.4 Å². The van der Waals surface area contributed by atoms with Crippen LogP contribution in [0.25, 0.3) is 10.8 Å². The van der Waals surface area contributed by atoms with Crippen molar-refractivity contribution in [1.82, 2.24) is 9.80 Å². The van der Waals surface area contributed by atoms with Crippen LogP contribution in [-0.4, -0.2) is 52.3 Å². The molecule has 3 aliphatic rings.